The van der Waals surface area contributed by atoms with E-state index in [9.17, 15) is 10.1 Å². The van der Waals surface area contributed by atoms with Gasteiger partial charge < -0.3 is 4.42 Å². The summed E-state index contributed by atoms with van der Waals surface area (Å²) in [5.41, 5.74) is 1.24. The predicted octanol–water partition coefficient (Wildman–Crippen LogP) is 0.916. The van der Waals surface area contributed by atoms with E-state index in [1.807, 2.05) is 0 Å². The molecular formula is C8H4N6O3. The third-order valence-corrected chi connectivity index (χ3v) is 2.11. The maximum atomic E-state index is 10.5. The second kappa shape index (κ2) is 3.33. The Bertz CT molecular complexity index is 702. The minimum Gasteiger partial charge on any atom is -0.399 e. The Morgan fingerprint density at radius 1 is 1.29 bits per heavy atom. The van der Waals surface area contributed by atoms with Gasteiger partial charge in [0, 0.05) is 6.07 Å². The van der Waals surface area contributed by atoms with E-state index < -0.39 is 4.92 Å². The zero-order chi connectivity index (χ0) is 11.8. The number of rotatable bonds is 2. The molecule has 0 radical (unpaired) electrons. The molecule has 0 aromatic carbocycles. The van der Waals surface area contributed by atoms with Gasteiger partial charge in [-0.25, -0.2) is 0 Å². The van der Waals surface area contributed by atoms with Gasteiger partial charge in [-0.15, -0.1) is 15.3 Å². The summed E-state index contributed by atoms with van der Waals surface area (Å²) in [4.78, 5) is 9.85. The standard InChI is InChI=1S/C8H4N6O3/c15-14(16)7-2-1-6(17-7)4-3-5-8(11-9-4)12-13-10-5/h1-3H,(H,10,11,12,13). The molecule has 0 unspecified atom stereocenters. The van der Waals surface area contributed by atoms with Crippen LogP contribution in [0.2, 0.25) is 0 Å². The molecule has 1 N–H and O–H groups in total. The van der Waals surface area contributed by atoms with Gasteiger partial charge in [0.2, 0.25) is 5.65 Å². The second-order valence-corrected chi connectivity index (χ2v) is 3.16. The van der Waals surface area contributed by atoms with Crippen molar-refractivity contribution in [3.63, 3.8) is 0 Å². The molecule has 0 spiro atoms. The van der Waals surface area contributed by atoms with Crippen LogP contribution in [0, 0.1) is 10.1 Å². The van der Waals surface area contributed by atoms with Gasteiger partial charge in [0.05, 0.1) is 6.07 Å². The molecule has 0 amide bonds. The molecule has 84 valence electrons. The van der Waals surface area contributed by atoms with E-state index in [0.29, 0.717) is 16.9 Å². The number of nitrogens with zero attached hydrogens (tertiary/aromatic N) is 5. The average molecular weight is 232 g/mol. The SMILES string of the molecule is O=[N+]([O-])c1ccc(-c2cc3n[nH]nc3nn2)o1. The molecule has 0 saturated heterocycles. The fraction of sp³-hybridized carbons (Fsp3) is 0. The molecule has 0 bridgehead atoms. The fourth-order valence-electron chi connectivity index (χ4n) is 1.35. The predicted molar refractivity (Wildman–Crippen MR) is 53.8 cm³/mol. The van der Waals surface area contributed by atoms with E-state index in [1.54, 1.807) is 6.07 Å². The molecule has 0 aliphatic carbocycles. The van der Waals surface area contributed by atoms with Crippen LogP contribution >= 0.6 is 0 Å². The van der Waals surface area contributed by atoms with Crippen molar-refractivity contribution in [2.75, 3.05) is 0 Å². The highest BCUT2D eigenvalue weighted by Crippen LogP contribution is 2.24. The van der Waals surface area contributed by atoms with Crippen molar-refractivity contribution in [2.24, 2.45) is 0 Å². The summed E-state index contributed by atoms with van der Waals surface area (Å²) in [5, 5.41) is 28.1. The summed E-state index contributed by atoms with van der Waals surface area (Å²) >= 11 is 0. The first-order chi connectivity index (χ1) is 8.24. The molecular weight excluding hydrogens is 228 g/mol. The smallest absolute Gasteiger partial charge is 0.399 e. The van der Waals surface area contributed by atoms with Crippen LogP contribution in [0.5, 0.6) is 0 Å². The summed E-state index contributed by atoms with van der Waals surface area (Å²) in [7, 11) is 0. The minimum atomic E-state index is -0.619. The van der Waals surface area contributed by atoms with Crippen LogP contribution in [0.4, 0.5) is 5.88 Å². The van der Waals surface area contributed by atoms with Gasteiger partial charge in [0.15, 0.2) is 5.76 Å². The van der Waals surface area contributed by atoms with Crippen molar-refractivity contribution in [3.05, 3.63) is 28.3 Å². The normalized spacial score (nSPS) is 10.8. The molecule has 3 rings (SSSR count). The highest BCUT2D eigenvalue weighted by atomic mass is 16.6. The lowest BCUT2D eigenvalue weighted by Crippen LogP contribution is -1.87. The highest BCUT2D eigenvalue weighted by molar-refractivity contribution is 5.73. The van der Waals surface area contributed by atoms with Crippen LogP contribution in [-0.4, -0.2) is 30.5 Å². The highest BCUT2D eigenvalue weighted by Gasteiger charge is 2.15. The monoisotopic (exact) mass is 232 g/mol. The number of nitro groups is 1. The van der Waals surface area contributed by atoms with Crippen molar-refractivity contribution in [1.29, 1.82) is 0 Å². The second-order valence-electron chi connectivity index (χ2n) is 3.16. The van der Waals surface area contributed by atoms with Crippen LogP contribution in [0.1, 0.15) is 0 Å². The van der Waals surface area contributed by atoms with Gasteiger partial charge in [-0.3, -0.25) is 10.1 Å². The zero-order valence-corrected chi connectivity index (χ0v) is 8.19. The summed E-state index contributed by atoms with van der Waals surface area (Å²) < 4.78 is 5.00. The maximum Gasteiger partial charge on any atom is 0.433 e. The molecule has 0 aliphatic heterocycles. The van der Waals surface area contributed by atoms with Gasteiger partial charge in [-0.2, -0.15) is 10.3 Å². The number of aromatic nitrogens is 5. The van der Waals surface area contributed by atoms with Crippen LogP contribution < -0.4 is 0 Å². The Morgan fingerprint density at radius 2 is 2.18 bits per heavy atom. The fourth-order valence-corrected chi connectivity index (χ4v) is 1.35. The van der Waals surface area contributed by atoms with E-state index in [4.69, 9.17) is 4.42 Å². The first-order valence-corrected chi connectivity index (χ1v) is 4.53. The first-order valence-electron chi connectivity index (χ1n) is 4.53. The first kappa shape index (κ1) is 9.39. The van der Waals surface area contributed by atoms with Crippen LogP contribution in [-0.2, 0) is 0 Å². The number of hydrogen-bond donors (Lipinski definition) is 1. The lowest BCUT2D eigenvalue weighted by Gasteiger charge is -1.92. The number of furan rings is 1. The molecule has 0 aliphatic rings. The lowest BCUT2D eigenvalue weighted by atomic mass is 10.3. The number of aromatic amines is 1. The summed E-state index contributed by atoms with van der Waals surface area (Å²) in [5.74, 6) is -0.0869. The molecule has 3 aromatic rings. The molecule has 0 atom stereocenters. The third-order valence-electron chi connectivity index (χ3n) is 2.11. The van der Waals surface area contributed by atoms with E-state index in [2.05, 4.69) is 25.6 Å². The van der Waals surface area contributed by atoms with Crippen molar-refractivity contribution in [2.45, 2.75) is 0 Å². The van der Waals surface area contributed by atoms with Crippen molar-refractivity contribution in [1.82, 2.24) is 25.6 Å². The van der Waals surface area contributed by atoms with Gasteiger partial charge in [0.25, 0.3) is 0 Å². The van der Waals surface area contributed by atoms with E-state index in [0.717, 1.165) is 0 Å². The summed E-state index contributed by atoms with van der Waals surface area (Å²) in [6, 6.07) is 4.28. The van der Waals surface area contributed by atoms with Gasteiger partial charge >= 0.3 is 5.88 Å². The number of fused-ring (bicyclic) bond motifs is 1. The zero-order valence-electron chi connectivity index (χ0n) is 8.19. The Hall–Kier alpha value is -2.84. The summed E-state index contributed by atoms with van der Waals surface area (Å²) in [6.07, 6.45) is 0. The van der Waals surface area contributed by atoms with Crippen LogP contribution in [0.15, 0.2) is 22.6 Å². The van der Waals surface area contributed by atoms with E-state index in [-0.39, 0.29) is 11.6 Å². The Kier molecular flexibility index (Phi) is 1.84. The van der Waals surface area contributed by atoms with Crippen molar-refractivity contribution in [3.8, 4) is 11.5 Å². The molecule has 0 fully saturated rings. The minimum absolute atomic E-state index is 0.258. The molecule has 0 saturated carbocycles. The molecule has 9 nitrogen and oxygen atoms in total. The Morgan fingerprint density at radius 3 is 2.94 bits per heavy atom. The molecule has 3 aromatic heterocycles. The largest absolute Gasteiger partial charge is 0.433 e. The van der Waals surface area contributed by atoms with E-state index >= 15 is 0 Å². The Balaban J connectivity index is 2.09. The van der Waals surface area contributed by atoms with Gasteiger partial charge in [-0.1, -0.05) is 0 Å². The Labute approximate surface area is 92.6 Å². The molecule has 3 heterocycles. The topological polar surface area (TPSA) is 124 Å². The van der Waals surface area contributed by atoms with Crippen molar-refractivity contribution >= 4 is 17.0 Å². The van der Waals surface area contributed by atoms with Gasteiger partial charge in [0.1, 0.15) is 16.1 Å². The number of H-pyrrole nitrogens is 1. The van der Waals surface area contributed by atoms with Crippen LogP contribution in [0.3, 0.4) is 0 Å². The maximum absolute atomic E-state index is 10.5. The molecule has 9 heteroatoms. The third kappa shape index (κ3) is 1.49. The van der Waals surface area contributed by atoms with Crippen LogP contribution in [0.25, 0.3) is 22.6 Å². The summed E-state index contributed by atoms with van der Waals surface area (Å²) in [6.45, 7) is 0. The number of nitrogens with one attached hydrogen (secondary N) is 1. The number of hydrogen-bond acceptors (Lipinski definition) is 7. The quantitative estimate of drug-likeness (QED) is 0.514. The molecule has 17 heavy (non-hydrogen) atoms. The van der Waals surface area contributed by atoms with Crippen molar-refractivity contribution < 1.29 is 9.34 Å². The lowest BCUT2D eigenvalue weighted by molar-refractivity contribution is -0.401. The van der Waals surface area contributed by atoms with E-state index in [1.165, 1.54) is 12.1 Å². The van der Waals surface area contributed by atoms with Gasteiger partial charge in [-0.05, 0) is 6.07 Å². The average Bonchev–Trinajstić information content (AvgIpc) is 2.97.